The fourth-order valence-electron chi connectivity index (χ4n) is 1.80. The molecule has 0 spiro atoms. The van der Waals surface area contributed by atoms with Crippen molar-refractivity contribution in [3.05, 3.63) is 35.5 Å². The monoisotopic (exact) mass is 259 g/mol. The standard InChI is InChI=1S/C12H10ClN5/c1-14-12-16-10(7-3-2-4-8(13)5-7)9-6-15-18-11(9)17-12/h2-6H,1H3,(H2,14,15,16,17,18). The third kappa shape index (κ3) is 1.78. The van der Waals surface area contributed by atoms with E-state index in [4.69, 9.17) is 11.6 Å². The van der Waals surface area contributed by atoms with Crippen molar-refractivity contribution in [2.45, 2.75) is 0 Å². The topological polar surface area (TPSA) is 66.5 Å². The van der Waals surface area contributed by atoms with Crippen molar-refractivity contribution < 1.29 is 0 Å². The number of nitrogens with one attached hydrogen (secondary N) is 2. The predicted octanol–water partition coefficient (Wildman–Crippen LogP) is 2.71. The van der Waals surface area contributed by atoms with Crippen LogP contribution in [0.3, 0.4) is 0 Å². The first kappa shape index (κ1) is 11.0. The maximum atomic E-state index is 6.01. The number of halogens is 1. The number of benzene rings is 1. The summed E-state index contributed by atoms with van der Waals surface area (Å²) in [7, 11) is 1.78. The van der Waals surface area contributed by atoms with E-state index in [0.29, 0.717) is 16.6 Å². The van der Waals surface area contributed by atoms with Gasteiger partial charge in [-0.3, -0.25) is 5.10 Å². The lowest BCUT2D eigenvalue weighted by Crippen LogP contribution is -1.98. The summed E-state index contributed by atoms with van der Waals surface area (Å²) in [6.45, 7) is 0. The summed E-state index contributed by atoms with van der Waals surface area (Å²) in [5, 5.41) is 11.3. The van der Waals surface area contributed by atoms with Gasteiger partial charge in [0.05, 0.1) is 17.3 Å². The molecule has 6 heteroatoms. The molecule has 0 aliphatic rings. The van der Waals surface area contributed by atoms with Gasteiger partial charge < -0.3 is 5.32 Å². The number of nitrogens with zero attached hydrogens (tertiary/aromatic N) is 3. The van der Waals surface area contributed by atoms with Crippen molar-refractivity contribution in [1.29, 1.82) is 0 Å². The molecule has 0 bridgehead atoms. The first-order chi connectivity index (χ1) is 8.78. The van der Waals surface area contributed by atoms with Gasteiger partial charge in [0.1, 0.15) is 0 Å². The first-order valence-electron chi connectivity index (χ1n) is 5.43. The van der Waals surface area contributed by atoms with Gasteiger partial charge >= 0.3 is 0 Å². The van der Waals surface area contributed by atoms with Crippen molar-refractivity contribution >= 4 is 28.6 Å². The fraction of sp³-hybridized carbons (Fsp3) is 0.0833. The highest BCUT2D eigenvalue weighted by atomic mass is 35.5. The number of H-pyrrole nitrogens is 1. The van der Waals surface area contributed by atoms with Crippen LogP contribution in [0.25, 0.3) is 22.3 Å². The van der Waals surface area contributed by atoms with Gasteiger partial charge in [0.2, 0.25) is 5.95 Å². The molecular weight excluding hydrogens is 250 g/mol. The highest BCUT2D eigenvalue weighted by Gasteiger charge is 2.10. The van der Waals surface area contributed by atoms with E-state index >= 15 is 0 Å². The molecule has 0 atom stereocenters. The molecule has 90 valence electrons. The van der Waals surface area contributed by atoms with Crippen LogP contribution in [0.15, 0.2) is 30.5 Å². The zero-order chi connectivity index (χ0) is 12.5. The number of rotatable bonds is 2. The molecule has 18 heavy (non-hydrogen) atoms. The molecule has 0 aliphatic heterocycles. The number of anilines is 1. The maximum Gasteiger partial charge on any atom is 0.225 e. The van der Waals surface area contributed by atoms with E-state index < -0.39 is 0 Å². The molecule has 0 fully saturated rings. The summed E-state index contributed by atoms with van der Waals surface area (Å²) in [6.07, 6.45) is 1.71. The first-order valence-corrected chi connectivity index (χ1v) is 5.80. The second-order valence-electron chi connectivity index (χ2n) is 3.79. The van der Waals surface area contributed by atoms with Crippen molar-refractivity contribution in [1.82, 2.24) is 20.2 Å². The Labute approximate surface area is 108 Å². The van der Waals surface area contributed by atoms with Crippen LogP contribution in [-0.2, 0) is 0 Å². The third-order valence-corrected chi connectivity index (χ3v) is 2.87. The van der Waals surface area contributed by atoms with Gasteiger partial charge in [-0.25, -0.2) is 4.98 Å². The van der Waals surface area contributed by atoms with Crippen LogP contribution in [0.2, 0.25) is 5.02 Å². The maximum absolute atomic E-state index is 6.01. The lowest BCUT2D eigenvalue weighted by Gasteiger charge is -2.05. The minimum absolute atomic E-state index is 0.543. The van der Waals surface area contributed by atoms with Gasteiger partial charge in [-0.05, 0) is 12.1 Å². The van der Waals surface area contributed by atoms with Gasteiger partial charge in [-0.2, -0.15) is 10.1 Å². The fourth-order valence-corrected chi connectivity index (χ4v) is 1.99. The molecule has 2 aromatic heterocycles. The van der Waals surface area contributed by atoms with Crippen molar-refractivity contribution in [3.8, 4) is 11.3 Å². The van der Waals surface area contributed by atoms with E-state index in [1.54, 1.807) is 13.2 Å². The Hall–Kier alpha value is -2.14. The Morgan fingerprint density at radius 2 is 2.17 bits per heavy atom. The zero-order valence-electron chi connectivity index (χ0n) is 9.61. The Kier molecular flexibility index (Phi) is 2.60. The minimum Gasteiger partial charge on any atom is -0.357 e. The molecule has 0 unspecified atom stereocenters. The van der Waals surface area contributed by atoms with E-state index in [9.17, 15) is 0 Å². The van der Waals surface area contributed by atoms with Gasteiger partial charge in [0.15, 0.2) is 5.65 Å². The molecule has 3 rings (SSSR count). The van der Waals surface area contributed by atoms with Crippen LogP contribution in [0.1, 0.15) is 0 Å². The molecule has 0 aliphatic carbocycles. The quantitative estimate of drug-likeness (QED) is 0.743. The normalized spacial score (nSPS) is 10.8. The van der Waals surface area contributed by atoms with Crippen LogP contribution in [0.5, 0.6) is 0 Å². The van der Waals surface area contributed by atoms with Crippen LogP contribution in [-0.4, -0.2) is 27.2 Å². The van der Waals surface area contributed by atoms with Crippen molar-refractivity contribution in [2.24, 2.45) is 0 Å². The number of fused-ring (bicyclic) bond motifs is 1. The van der Waals surface area contributed by atoms with E-state index in [0.717, 1.165) is 16.6 Å². The van der Waals surface area contributed by atoms with Gasteiger partial charge in [-0.1, -0.05) is 23.7 Å². The highest BCUT2D eigenvalue weighted by Crippen LogP contribution is 2.27. The second kappa shape index (κ2) is 4.27. The summed E-state index contributed by atoms with van der Waals surface area (Å²) < 4.78 is 0. The molecule has 2 heterocycles. The molecule has 5 nitrogen and oxygen atoms in total. The minimum atomic E-state index is 0.543. The SMILES string of the molecule is CNc1nc(-c2cccc(Cl)c2)c2cn[nH]c2n1. The Morgan fingerprint density at radius 1 is 1.28 bits per heavy atom. The van der Waals surface area contributed by atoms with E-state index in [-0.39, 0.29) is 0 Å². The Morgan fingerprint density at radius 3 is 2.94 bits per heavy atom. The average molecular weight is 260 g/mol. The molecule has 0 saturated heterocycles. The van der Waals surface area contributed by atoms with Crippen LogP contribution in [0.4, 0.5) is 5.95 Å². The number of hydrogen-bond acceptors (Lipinski definition) is 4. The molecule has 3 aromatic rings. The van der Waals surface area contributed by atoms with Crippen LogP contribution < -0.4 is 5.32 Å². The van der Waals surface area contributed by atoms with E-state index in [2.05, 4.69) is 25.5 Å². The largest absolute Gasteiger partial charge is 0.357 e. The summed E-state index contributed by atoms with van der Waals surface area (Å²) in [4.78, 5) is 8.75. The second-order valence-corrected chi connectivity index (χ2v) is 4.22. The average Bonchev–Trinajstić information content (AvgIpc) is 2.85. The summed E-state index contributed by atoms with van der Waals surface area (Å²) in [5.41, 5.74) is 2.44. The Balaban J connectivity index is 2.29. The molecule has 0 radical (unpaired) electrons. The number of aromatic amines is 1. The summed E-state index contributed by atoms with van der Waals surface area (Å²) in [6, 6.07) is 7.55. The summed E-state index contributed by atoms with van der Waals surface area (Å²) >= 11 is 6.01. The van der Waals surface area contributed by atoms with Gasteiger partial charge in [0.25, 0.3) is 0 Å². The van der Waals surface area contributed by atoms with E-state index in [1.165, 1.54) is 0 Å². The van der Waals surface area contributed by atoms with Crippen molar-refractivity contribution in [3.63, 3.8) is 0 Å². The highest BCUT2D eigenvalue weighted by molar-refractivity contribution is 6.30. The lowest BCUT2D eigenvalue weighted by molar-refractivity contribution is 1.09. The number of aromatic nitrogens is 4. The molecule has 0 amide bonds. The summed E-state index contributed by atoms with van der Waals surface area (Å²) in [5.74, 6) is 0.543. The number of hydrogen-bond donors (Lipinski definition) is 2. The molecule has 1 aromatic carbocycles. The van der Waals surface area contributed by atoms with Gasteiger partial charge in [-0.15, -0.1) is 0 Å². The molecular formula is C12H10ClN5. The smallest absolute Gasteiger partial charge is 0.225 e. The predicted molar refractivity (Wildman–Crippen MR) is 71.7 cm³/mol. The van der Waals surface area contributed by atoms with E-state index in [1.807, 2.05) is 24.3 Å². The zero-order valence-corrected chi connectivity index (χ0v) is 10.4. The van der Waals surface area contributed by atoms with Crippen LogP contribution in [0, 0.1) is 0 Å². The third-order valence-electron chi connectivity index (χ3n) is 2.63. The molecule has 2 N–H and O–H groups in total. The molecule has 0 saturated carbocycles. The van der Waals surface area contributed by atoms with Crippen molar-refractivity contribution in [2.75, 3.05) is 12.4 Å². The van der Waals surface area contributed by atoms with Gasteiger partial charge in [0, 0.05) is 17.6 Å². The van der Waals surface area contributed by atoms with Crippen LogP contribution >= 0.6 is 11.6 Å². The lowest BCUT2D eigenvalue weighted by atomic mass is 10.1. The Bertz CT molecular complexity index is 707.